The van der Waals surface area contributed by atoms with Gasteiger partial charge >= 0.3 is 0 Å². The van der Waals surface area contributed by atoms with Gasteiger partial charge in [-0.15, -0.1) is 0 Å². The standard InChI is InChI=1S/C60H42N2Si/c1-5-21-43(22-6-1)49-29-13-14-30-50(49)51-31-15-19-35-57(51)62-58-36-20-17-33-53(58)55-41-44(37-40-59(55)62)61-56-34-18-16-32-52(56)54-39-38-48(42-60(54)61)63(45-23-7-2-8-24-45,46-25-9-3-10-26-46)47-27-11-4-12-28-47/h1-42H. The monoisotopic (exact) mass is 818 g/mol. The molecule has 0 amide bonds. The number of aromatic nitrogens is 2. The number of rotatable bonds is 8. The molecule has 63 heavy (non-hydrogen) atoms. The maximum absolute atomic E-state index is 2.78. The second kappa shape index (κ2) is 15.2. The molecule has 0 bridgehead atoms. The summed E-state index contributed by atoms with van der Waals surface area (Å²) in [6, 6.07) is 94.2. The van der Waals surface area contributed by atoms with Gasteiger partial charge in [-0.1, -0.05) is 212 Å². The van der Waals surface area contributed by atoms with Crippen LogP contribution < -0.4 is 20.7 Å². The van der Waals surface area contributed by atoms with Gasteiger partial charge in [0.15, 0.2) is 8.07 Å². The van der Waals surface area contributed by atoms with Crippen LogP contribution in [0.3, 0.4) is 0 Å². The van der Waals surface area contributed by atoms with Gasteiger partial charge < -0.3 is 9.13 Å². The Labute approximate surface area is 368 Å². The van der Waals surface area contributed by atoms with Crippen LogP contribution in [0.4, 0.5) is 0 Å². The Morgan fingerprint density at radius 2 is 0.714 bits per heavy atom. The zero-order chi connectivity index (χ0) is 41.7. The van der Waals surface area contributed by atoms with E-state index in [9.17, 15) is 0 Å². The second-order valence-electron chi connectivity index (χ2n) is 16.4. The lowest BCUT2D eigenvalue weighted by atomic mass is 9.93. The Balaban J connectivity index is 1.11. The summed E-state index contributed by atoms with van der Waals surface area (Å²) >= 11 is 0. The van der Waals surface area contributed by atoms with Gasteiger partial charge in [0, 0.05) is 32.8 Å². The normalized spacial score (nSPS) is 11.8. The number of fused-ring (bicyclic) bond motifs is 6. The predicted molar refractivity (Wildman–Crippen MR) is 270 cm³/mol. The molecule has 12 rings (SSSR count). The Morgan fingerprint density at radius 3 is 1.35 bits per heavy atom. The minimum atomic E-state index is -2.78. The van der Waals surface area contributed by atoms with Crippen LogP contribution in [0, 0.1) is 0 Å². The number of para-hydroxylation sites is 3. The van der Waals surface area contributed by atoms with E-state index in [0.717, 1.165) is 11.4 Å². The lowest BCUT2D eigenvalue weighted by Gasteiger charge is -2.34. The van der Waals surface area contributed by atoms with Crippen molar-refractivity contribution in [3.8, 4) is 33.6 Å². The summed E-state index contributed by atoms with van der Waals surface area (Å²) in [6.45, 7) is 0. The molecule has 0 spiro atoms. The maximum atomic E-state index is 2.52. The van der Waals surface area contributed by atoms with Gasteiger partial charge in [0.1, 0.15) is 0 Å². The van der Waals surface area contributed by atoms with E-state index in [0.29, 0.717) is 0 Å². The van der Waals surface area contributed by atoms with Crippen LogP contribution in [0.5, 0.6) is 0 Å². The van der Waals surface area contributed by atoms with Crippen LogP contribution in [0.1, 0.15) is 0 Å². The van der Waals surface area contributed by atoms with Crippen molar-refractivity contribution < 1.29 is 0 Å². The molecular weight excluding hydrogens is 777 g/mol. The molecule has 0 saturated carbocycles. The fourth-order valence-electron chi connectivity index (χ4n) is 10.4. The van der Waals surface area contributed by atoms with E-state index >= 15 is 0 Å². The van der Waals surface area contributed by atoms with Crippen molar-refractivity contribution in [2.45, 2.75) is 0 Å². The molecule has 0 fully saturated rings. The average Bonchev–Trinajstić information content (AvgIpc) is 3.87. The van der Waals surface area contributed by atoms with Crippen molar-refractivity contribution in [2.24, 2.45) is 0 Å². The van der Waals surface area contributed by atoms with E-state index in [1.165, 1.54) is 86.6 Å². The van der Waals surface area contributed by atoms with Crippen molar-refractivity contribution in [2.75, 3.05) is 0 Å². The average molecular weight is 819 g/mol. The molecule has 0 aliphatic heterocycles. The minimum absolute atomic E-state index is 1.14. The summed E-state index contributed by atoms with van der Waals surface area (Å²) in [7, 11) is -2.78. The van der Waals surface area contributed by atoms with E-state index in [1.54, 1.807) is 0 Å². The molecular formula is C60H42N2Si. The highest BCUT2D eigenvalue weighted by molar-refractivity contribution is 7.20. The van der Waals surface area contributed by atoms with Gasteiger partial charge in [0.2, 0.25) is 0 Å². The van der Waals surface area contributed by atoms with Gasteiger partial charge in [0.05, 0.1) is 27.8 Å². The van der Waals surface area contributed by atoms with Gasteiger partial charge in [-0.05, 0) is 79.9 Å². The Kier molecular flexibility index (Phi) is 8.87. The Hall–Kier alpha value is -7.98. The van der Waals surface area contributed by atoms with Crippen molar-refractivity contribution >= 4 is 72.4 Å². The summed E-state index contributed by atoms with van der Waals surface area (Å²) < 4.78 is 4.97. The molecule has 2 nitrogen and oxygen atoms in total. The third kappa shape index (κ3) is 5.85. The first-order chi connectivity index (χ1) is 31.3. The molecule has 2 aromatic heterocycles. The first kappa shape index (κ1) is 36.8. The molecule has 0 saturated heterocycles. The second-order valence-corrected chi connectivity index (χ2v) is 20.2. The van der Waals surface area contributed by atoms with E-state index in [4.69, 9.17) is 0 Å². The van der Waals surface area contributed by atoms with E-state index < -0.39 is 8.07 Å². The number of hydrogen-bond acceptors (Lipinski definition) is 0. The summed E-state index contributed by atoms with van der Waals surface area (Å²) in [5.41, 5.74) is 11.9. The van der Waals surface area contributed by atoms with Crippen molar-refractivity contribution in [1.29, 1.82) is 0 Å². The minimum Gasteiger partial charge on any atom is -0.309 e. The number of hydrogen-bond donors (Lipinski definition) is 0. The van der Waals surface area contributed by atoms with E-state index in [2.05, 4.69) is 264 Å². The third-order valence-electron chi connectivity index (χ3n) is 13.1. The molecule has 0 unspecified atom stereocenters. The van der Waals surface area contributed by atoms with Crippen LogP contribution in [0.25, 0.3) is 77.2 Å². The number of benzene rings is 10. The van der Waals surface area contributed by atoms with Gasteiger partial charge in [-0.3, -0.25) is 0 Å². The quantitative estimate of drug-likeness (QED) is 0.107. The molecule has 296 valence electrons. The highest BCUT2D eigenvalue weighted by Crippen LogP contribution is 2.41. The molecule has 0 atom stereocenters. The first-order valence-electron chi connectivity index (χ1n) is 21.8. The van der Waals surface area contributed by atoms with E-state index in [1.807, 2.05) is 0 Å². The zero-order valence-electron chi connectivity index (χ0n) is 34.6. The summed E-state index contributed by atoms with van der Waals surface area (Å²) in [5.74, 6) is 0. The summed E-state index contributed by atoms with van der Waals surface area (Å²) in [6.07, 6.45) is 0. The number of nitrogens with zero attached hydrogens (tertiary/aromatic N) is 2. The Bertz CT molecular complexity index is 3510. The summed E-state index contributed by atoms with van der Waals surface area (Å²) in [4.78, 5) is 0. The molecule has 12 aromatic rings. The molecule has 3 heteroatoms. The van der Waals surface area contributed by atoms with Crippen LogP contribution >= 0.6 is 0 Å². The van der Waals surface area contributed by atoms with Crippen LogP contribution in [-0.4, -0.2) is 17.2 Å². The van der Waals surface area contributed by atoms with Crippen molar-refractivity contribution in [1.82, 2.24) is 9.13 Å². The van der Waals surface area contributed by atoms with Crippen molar-refractivity contribution in [3.63, 3.8) is 0 Å². The zero-order valence-corrected chi connectivity index (χ0v) is 35.6. The molecule has 0 N–H and O–H groups in total. The fourth-order valence-corrected chi connectivity index (χ4v) is 15.2. The van der Waals surface area contributed by atoms with Crippen LogP contribution in [0.15, 0.2) is 255 Å². The molecule has 0 aliphatic rings. The molecule has 0 aliphatic carbocycles. The lowest BCUT2D eigenvalue weighted by Crippen LogP contribution is -2.74. The van der Waals surface area contributed by atoms with Gasteiger partial charge in [-0.25, -0.2) is 0 Å². The lowest BCUT2D eigenvalue weighted by molar-refractivity contribution is 1.17. The Morgan fingerprint density at radius 1 is 0.254 bits per heavy atom. The van der Waals surface area contributed by atoms with Crippen molar-refractivity contribution in [3.05, 3.63) is 255 Å². The first-order valence-corrected chi connectivity index (χ1v) is 23.8. The topological polar surface area (TPSA) is 9.86 Å². The SMILES string of the molecule is c1ccc(-c2ccccc2-c2ccccc2-n2c3ccccc3c3cc(-n4c5ccccc5c5ccc([Si](c6ccccc6)(c6ccccc6)c6ccccc6)cc54)ccc32)cc1. The molecule has 0 radical (unpaired) electrons. The third-order valence-corrected chi connectivity index (χ3v) is 17.9. The van der Waals surface area contributed by atoms with E-state index in [-0.39, 0.29) is 0 Å². The van der Waals surface area contributed by atoms with Crippen LogP contribution in [-0.2, 0) is 0 Å². The smallest absolute Gasteiger partial charge is 0.179 e. The highest BCUT2D eigenvalue weighted by Gasteiger charge is 2.41. The molecule has 2 heterocycles. The largest absolute Gasteiger partial charge is 0.309 e. The molecule has 10 aromatic carbocycles. The predicted octanol–water partition coefficient (Wildman–Crippen LogP) is 12.6. The fraction of sp³-hybridized carbons (Fsp3) is 0. The van der Waals surface area contributed by atoms with Gasteiger partial charge in [0.25, 0.3) is 0 Å². The highest BCUT2D eigenvalue weighted by atomic mass is 28.3. The van der Waals surface area contributed by atoms with Crippen LogP contribution in [0.2, 0.25) is 0 Å². The summed E-state index contributed by atoms with van der Waals surface area (Å²) in [5, 5.41) is 10.4. The maximum Gasteiger partial charge on any atom is 0.179 e. The van der Waals surface area contributed by atoms with Gasteiger partial charge in [-0.2, -0.15) is 0 Å².